The molecule has 1 aromatic heterocycles. The van der Waals surface area contributed by atoms with Crippen molar-refractivity contribution in [2.45, 2.75) is 25.4 Å². The molecule has 3 aromatic rings. The Labute approximate surface area is 136 Å². The van der Waals surface area contributed by atoms with Crippen LogP contribution >= 0.6 is 0 Å². The molecule has 0 fully saturated rings. The number of aryl methyl sites for hydroxylation is 1. The van der Waals surface area contributed by atoms with Crippen molar-refractivity contribution in [2.75, 3.05) is 0 Å². The summed E-state index contributed by atoms with van der Waals surface area (Å²) < 4.78 is 5.80. The van der Waals surface area contributed by atoms with Crippen molar-refractivity contribution >= 4 is 0 Å². The number of ether oxygens (including phenoxy) is 1. The fourth-order valence-electron chi connectivity index (χ4n) is 3.27. The predicted octanol–water partition coefficient (Wildman–Crippen LogP) is 4.13. The van der Waals surface area contributed by atoms with Crippen LogP contribution in [0.2, 0.25) is 0 Å². The largest absolute Gasteiger partial charge is 0.489 e. The van der Waals surface area contributed by atoms with E-state index in [9.17, 15) is 0 Å². The fraction of sp³-hybridized carbons (Fsp3) is 0.200. The third kappa shape index (κ3) is 2.95. The van der Waals surface area contributed by atoms with Gasteiger partial charge in [-0.05, 0) is 41.7 Å². The molecule has 23 heavy (non-hydrogen) atoms. The maximum absolute atomic E-state index is 5.80. The molecule has 1 heterocycles. The molecule has 0 N–H and O–H groups in total. The highest BCUT2D eigenvalue weighted by atomic mass is 16.5. The summed E-state index contributed by atoms with van der Waals surface area (Å²) >= 11 is 0. The van der Waals surface area contributed by atoms with Crippen LogP contribution in [0.5, 0.6) is 5.75 Å². The van der Waals surface area contributed by atoms with E-state index in [1.54, 1.807) is 12.4 Å². The summed E-state index contributed by atoms with van der Waals surface area (Å²) in [6.45, 7) is 0.493. The van der Waals surface area contributed by atoms with Gasteiger partial charge in [0, 0.05) is 23.9 Å². The second-order valence-electron chi connectivity index (χ2n) is 5.89. The summed E-state index contributed by atoms with van der Waals surface area (Å²) in [5, 5.41) is 0. The van der Waals surface area contributed by atoms with Crippen molar-refractivity contribution in [1.29, 1.82) is 0 Å². The van der Waals surface area contributed by atoms with Gasteiger partial charge >= 0.3 is 0 Å². The van der Waals surface area contributed by atoms with Crippen LogP contribution in [0.15, 0.2) is 67.3 Å². The number of benzene rings is 2. The molecule has 0 amide bonds. The van der Waals surface area contributed by atoms with E-state index in [1.165, 1.54) is 35.9 Å². The zero-order valence-electron chi connectivity index (χ0n) is 12.9. The maximum atomic E-state index is 5.80. The van der Waals surface area contributed by atoms with Gasteiger partial charge in [-0.1, -0.05) is 36.4 Å². The molecule has 1 atom stereocenters. The van der Waals surface area contributed by atoms with E-state index in [2.05, 4.69) is 58.5 Å². The lowest BCUT2D eigenvalue weighted by Crippen LogP contribution is -1.98. The van der Waals surface area contributed by atoms with E-state index >= 15 is 0 Å². The molecule has 3 heteroatoms. The molecule has 0 saturated carbocycles. The van der Waals surface area contributed by atoms with Crippen LogP contribution in [0.3, 0.4) is 0 Å². The van der Waals surface area contributed by atoms with Crippen LogP contribution in [0.25, 0.3) is 0 Å². The number of aromatic nitrogens is 2. The molecule has 4 rings (SSSR count). The van der Waals surface area contributed by atoms with Gasteiger partial charge in [0.2, 0.25) is 0 Å². The molecule has 0 spiro atoms. The highest BCUT2D eigenvalue weighted by Crippen LogP contribution is 2.38. The second-order valence-corrected chi connectivity index (χ2v) is 5.89. The van der Waals surface area contributed by atoms with Gasteiger partial charge in [0.05, 0.1) is 0 Å². The first-order valence-electron chi connectivity index (χ1n) is 7.94. The lowest BCUT2D eigenvalue weighted by molar-refractivity contribution is 0.305. The minimum absolute atomic E-state index is 0.493. The van der Waals surface area contributed by atoms with E-state index in [4.69, 9.17) is 4.74 Å². The Morgan fingerprint density at radius 1 is 0.957 bits per heavy atom. The standard InChI is InChI=1S/C20H18N2O/c1-2-4-19-16(3-1)7-10-20(19)17-5-8-18(9-6-17)23-13-15-11-21-14-22-12-15/h1-6,8-9,11-12,14,20H,7,10,13H2. The molecular weight excluding hydrogens is 284 g/mol. The quantitative estimate of drug-likeness (QED) is 0.726. The van der Waals surface area contributed by atoms with Crippen LogP contribution in [0.1, 0.15) is 34.6 Å². The first-order valence-corrected chi connectivity index (χ1v) is 7.94. The molecule has 1 aliphatic rings. The normalized spacial score (nSPS) is 16.1. The van der Waals surface area contributed by atoms with Gasteiger partial charge < -0.3 is 4.74 Å². The number of fused-ring (bicyclic) bond motifs is 1. The summed E-state index contributed by atoms with van der Waals surface area (Å²) in [5.41, 5.74) is 5.30. The Balaban J connectivity index is 1.47. The Hall–Kier alpha value is -2.68. The molecule has 114 valence electrons. The molecule has 0 saturated heterocycles. The maximum Gasteiger partial charge on any atom is 0.119 e. The summed E-state index contributed by atoms with van der Waals surface area (Å²) in [5.74, 6) is 1.40. The van der Waals surface area contributed by atoms with Crippen molar-refractivity contribution in [3.8, 4) is 5.75 Å². The van der Waals surface area contributed by atoms with Crippen LogP contribution in [-0.4, -0.2) is 9.97 Å². The average molecular weight is 302 g/mol. The van der Waals surface area contributed by atoms with Crippen molar-refractivity contribution < 1.29 is 4.74 Å². The SMILES string of the molecule is c1ccc2c(c1)CCC2c1ccc(OCc2cncnc2)cc1. The van der Waals surface area contributed by atoms with Gasteiger partial charge in [-0.2, -0.15) is 0 Å². The first kappa shape index (κ1) is 13.9. The van der Waals surface area contributed by atoms with Crippen LogP contribution < -0.4 is 4.74 Å². The van der Waals surface area contributed by atoms with Crippen molar-refractivity contribution in [3.05, 3.63) is 89.5 Å². The number of nitrogens with zero attached hydrogens (tertiary/aromatic N) is 2. The van der Waals surface area contributed by atoms with Crippen molar-refractivity contribution in [1.82, 2.24) is 9.97 Å². The average Bonchev–Trinajstić information content (AvgIpc) is 3.05. The number of hydrogen-bond donors (Lipinski definition) is 0. The van der Waals surface area contributed by atoms with E-state index in [-0.39, 0.29) is 0 Å². The summed E-state index contributed by atoms with van der Waals surface area (Å²) in [6, 6.07) is 17.2. The monoisotopic (exact) mass is 302 g/mol. The van der Waals surface area contributed by atoms with E-state index in [1.807, 2.05) is 0 Å². The first-order chi connectivity index (χ1) is 11.4. The van der Waals surface area contributed by atoms with Crippen molar-refractivity contribution in [2.24, 2.45) is 0 Å². The Bertz CT molecular complexity index is 784. The number of rotatable bonds is 4. The smallest absolute Gasteiger partial charge is 0.119 e. The van der Waals surface area contributed by atoms with Crippen LogP contribution in [-0.2, 0) is 13.0 Å². The lowest BCUT2D eigenvalue weighted by Gasteiger charge is -2.13. The minimum Gasteiger partial charge on any atom is -0.489 e. The molecule has 1 unspecified atom stereocenters. The van der Waals surface area contributed by atoms with Crippen LogP contribution in [0.4, 0.5) is 0 Å². The third-order valence-electron chi connectivity index (χ3n) is 4.43. The zero-order valence-corrected chi connectivity index (χ0v) is 12.9. The van der Waals surface area contributed by atoms with E-state index in [0.717, 1.165) is 11.3 Å². The van der Waals surface area contributed by atoms with Gasteiger partial charge in [-0.25, -0.2) is 9.97 Å². The van der Waals surface area contributed by atoms with E-state index in [0.29, 0.717) is 12.5 Å². The Kier molecular flexibility index (Phi) is 3.76. The highest BCUT2D eigenvalue weighted by molar-refractivity contribution is 5.43. The topological polar surface area (TPSA) is 35.0 Å². The fourth-order valence-corrected chi connectivity index (χ4v) is 3.27. The van der Waals surface area contributed by atoms with E-state index < -0.39 is 0 Å². The third-order valence-corrected chi connectivity index (χ3v) is 4.43. The molecule has 0 aliphatic heterocycles. The highest BCUT2D eigenvalue weighted by Gasteiger charge is 2.23. The van der Waals surface area contributed by atoms with Gasteiger partial charge in [0.15, 0.2) is 0 Å². The Morgan fingerprint density at radius 2 is 1.74 bits per heavy atom. The predicted molar refractivity (Wildman–Crippen MR) is 89.4 cm³/mol. The molecular formula is C20H18N2O. The van der Waals surface area contributed by atoms with Gasteiger partial charge in [-0.3, -0.25) is 0 Å². The second kappa shape index (κ2) is 6.21. The Morgan fingerprint density at radius 3 is 2.57 bits per heavy atom. The molecule has 3 nitrogen and oxygen atoms in total. The summed E-state index contributed by atoms with van der Waals surface area (Å²) in [7, 11) is 0. The van der Waals surface area contributed by atoms with Gasteiger partial charge in [-0.15, -0.1) is 0 Å². The molecule has 1 aliphatic carbocycles. The zero-order chi connectivity index (χ0) is 15.5. The molecule has 0 bridgehead atoms. The summed E-state index contributed by atoms with van der Waals surface area (Å²) in [4.78, 5) is 7.99. The minimum atomic E-state index is 0.493. The van der Waals surface area contributed by atoms with Crippen LogP contribution in [0, 0.1) is 0 Å². The van der Waals surface area contributed by atoms with Crippen molar-refractivity contribution in [3.63, 3.8) is 0 Å². The van der Waals surface area contributed by atoms with Gasteiger partial charge in [0.25, 0.3) is 0 Å². The molecule has 2 aromatic carbocycles. The molecule has 0 radical (unpaired) electrons. The summed E-state index contributed by atoms with van der Waals surface area (Å²) in [6.07, 6.45) is 7.44. The lowest BCUT2D eigenvalue weighted by atomic mass is 9.93. The number of hydrogen-bond acceptors (Lipinski definition) is 3. The van der Waals surface area contributed by atoms with Gasteiger partial charge in [0.1, 0.15) is 18.7 Å².